The first-order valence-corrected chi connectivity index (χ1v) is 5.22. The molecule has 0 spiro atoms. The highest BCUT2D eigenvalue weighted by molar-refractivity contribution is 5.96. The quantitative estimate of drug-likeness (QED) is 0.808. The summed E-state index contributed by atoms with van der Waals surface area (Å²) in [6.07, 6.45) is 0.253. The van der Waals surface area contributed by atoms with Crippen LogP contribution in [0.4, 0.5) is 8.78 Å². The van der Waals surface area contributed by atoms with E-state index in [2.05, 4.69) is 16.8 Å². The minimum atomic E-state index is -2.57. The summed E-state index contributed by atoms with van der Waals surface area (Å²) < 4.78 is 24.4. The van der Waals surface area contributed by atoms with Gasteiger partial charge in [0.15, 0.2) is 0 Å². The molecule has 1 rings (SSSR count). The average Bonchev–Trinajstić information content (AvgIpc) is 2.35. The lowest BCUT2D eigenvalue weighted by atomic mass is 10.1. The summed E-state index contributed by atoms with van der Waals surface area (Å²) in [5, 5.41) is 0. The number of nitrogens with zero attached hydrogens (tertiary/aromatic N) is 2. The Morgan fingerprint density at radius 2 is 2.33 bits per heavy atom. The Hall–Kier alpha value is -2.00. The maximum absolute atomic E-state index is 12.2. The molecular weight excluding hydrogens is 240 g/mol. The van der Waals surface area contributed by atoms with Crippen LogP contribution in [0.5, 0.6) is 0 Å². The van der Waals surface area contributed by atoms with Gasteiger partial charge in [-0.05, 0) is 6.07 Å². The number of carbonyl (C=O) groups is 1. The molecule has 96 valence electrons. The number of hydrogen-bond donors (Lipinski definition) is 1. The number of hydrogen-bond acceptors (Lipinski definition) is 3. The molecule has 2 N–H and O–H groups in total. The number of pyridine rings is 1. The summed E-state index contributed by atoms with van der Waals surface area (Å²) in [7, 11) is 1.31. The van der Waals surface area contributed by atoms with Crippen molar-refractivity contribution < 1.29 is 13.6 Å². The minimum absolute atomic E-state index is 0.148. The van der Waals surface area contributed by atoms with Gasteiger partial charge in [-0.2, -0.15) is 0 Å². The van der Waals surface area contributed by atoms with Crippen molar-refractivity contribution >= 4 is 5.91 Å². The number of nitrogens with two attached hydrogens (primary N) is 1. The van der Waals surface area contributed by atoms with Crippen molar-refractivity contribution in [2.45, 2.75) is 6.43 Å². The zero-order valence-corrected chi connectivity index (χ0v) is 9.86. The normalized spacial score (nSPS) is 9.83. The second kappa shape index (κ2) is 6.67. The van der Waals surface area contributed by atoms with E-state index >= 15 is 0 Å². The van der Waals surface area contributed by atoms with Crippen molar-refractivity contribution in [2.24, 2.45) is 5.73 Å². The summed E-state index contributed by atoms with van der Waals surface area (Å²) in [5.41, 5.74) is 5.87. The lowest BCUT2D eigenvalue weighted by Crippen LogP contribution is -2.31. The van der Waals surface area contributed by atoms with Crippen LogP contribution in [0.25, 0.3) is 0 Å². The van der Waals surface area contributed by atoms with E-state index in [1.165, 1.54) is 25.5 Å². The molecule has 1 amide bonds. The molecule has 4 nitrogen and oxygen atoms in total. The smallest absolute Gasteiger partial charge is 0.255 e. The molecule has 1 aromatic heterocycles. The SMILES string of the molecule is CN(CC(F)F)C(=O)c1ccncc1C#CCN. The highest BCUT2D eigenvalue weighted by Gasteiger charge is 2.18. The number of amides is 1. The van der Waals surface area contributed by atoms with E-state index < -0.39 is 18.9 Å². The Morgan fingerprint density at radius 3 is 2.94 bits per heavy atom. The second-order valence-corrected chi connectivity index (χ2v) is 3.50. The second-order valence-electron chi connectivity index (χ2n) is 3.50. The van der Waals surface area contributed by atoms with Crippen LogP contribution in [-0.4, -0.2) is 42.4 Å². The summed E-state index contributed by atoms with van der Waals surface area (Å²) in [5.74, 6) is 4.77. The number of aromatic nitrogens is 1. The van der Waals surface area contributed by atoms with Gasteiger partial charge in [-0.25, -0.2) is 8.78 Å². The van der Waals surface area contributed by atoms with Gasteiger partial charge in [0.05, 0.1) is 24.2 Å². The van der Waals surface area contributed by atoms with Crippen LogP contribution in [0.3, 0.4) is 0 Å². The van der Waals surface area contributed by atoms with Crippen LogP contribution < -0.4 is 5.73 Å². The van der Waals surface area contributed by atoms with Gasteiger partial charge in [0.1, 0.15) is 0 Å². The molecule has 0 saturated heterocycles. The third-order valence-corrected chi connectivity index (χ3v) is 2.14. The van der Waals surface area contributed by atoms with Crippen molar-refractivity contribution in [1.29, 1.82) is 0 Å². The molecule has 0 aliphatic carbocycles. The lowest BCUT2D eigenvalue weighted by Gasteiger charge is -2.17. The first-order chi connectivity index (χ1) is 8.56. The fourth-order valence-electron chi connectivity index (χ4n) is 1.32. The molecule has 18 heavy (non-hydrogen) atoms. The predicted octanol–water partition coefficient (Wildman–Crippen LogP) is 0.729. The highest BCUT2D eigenvalue weighted by Crippen LogP contribution is 2.09. The molecule has 0 radical (unpaired) electrons. The summed E-state index contributed by atoms with van der Waals surface area (Å²) >= 11 is 0. The van der Waals surface area contributed by atoms with Gasteiger partial charge in [-0.3, -0.25) is 9.78 Å². The molecule has 0 aromatic carbocycles. The molecular formula is C12H13F2N3O. The minimum Gasteiger partial charge on any atom is -0.336 e. The van der Waals surface area contributed by atoms with E-state index in [1.807, 2.05) is 0 Å². The summed E-state index contributed by atoms with van der Waals surface area (Å²) in [6, 6.07) is 1.45. The van der Waals surface area contributed by atoms with Gasteiger partial charge in [0, 0.05) is 19.4 Å². The Balaban J connectivity index is 2.98. The van der Waals surface area contributed by atoms with E-state index in [-0.39, 0.29) is 12.1 Å². The van der Waals surface area contributed by atoms with Crippen LogP contribution >= 0.6 is 0 Å². The number of rotatable bonds is 3. The maximum Gasteiger partial charge on any atom is 0.255 e. The van der Waals surface area contributed by atoms with Crippen LogP contribution in [0.2, 0.25) is 0 Å². The molecule has 1 aromatic rings. The largest absolute Gasteiger partial charge is 0.336 e. The number of halogens is 2. The van der Waals surface area contributed by atoms with Gasteiger partial charge in [0.25, 0.3) is 12.3 Å². The topological polar surface area (TPSA) is 59.2 Å². The molecule has 6 heteroatoms. The number of carbonyl (C=O) groups excluding carboxylic acids is 1. The third-order valence-electron chi connectivity index (χ3n) is 2.14. The standard InChI is InChI=1S/C12H13F2N3O/c1-17(8-11(13)14)12(18)10-4-6-16-7-9(10)3-2-5-15/h4,6-7,11H,5,8,15H2,1H3. The fraction of sp³-hybridized carbons (Fsp3) is 0.333. The molecule has 0 aliphatic heterocycles. The first kappa shape index (κ1) is 14.1. The molecule has 0 unspecified atom stereocenters. The molecule has 0 aliphatic rings. The predicted molar refractivity (Wildman–Crippen MR) is 63.1 cm³/mol. The van der Waals surface area contributed by atoms with Crippen LogP contribution in [0, 0.1) is 11.8 Å². The fourth-order valence-corrected chi connectivity index (χ4v) is 1.32. The van der Waals surface area contributed by atoms with E-state index in [4.69, 9.17) is 5.73 Å². The Labute approximate surface area is 104 Å². The lowest BCUT2D eigenvalue weighted by molar-refractivity contribution is 0.0620. The van der Waals surface area contributed by atoms with Gasteiger partial charge >= 0.3 is 0 Å². The first-order valence-electron chi connectivity index (χ1n) is 5.22. The molecule has 0 saturated carbocycles. The number of alkyl halides is 2. The van der Waals surface area contributed by atoms with Crippen molar-refractivity contribution in [3.8, 4) is 11.8 Å². The zero-order chi connectivity index (χ0) is 13.5. The van der Waals surface area contributed by atoms with Gasteiger partial charge < -0.3 is 10.6 Å². The third kappa shape index (κ3) is 3.79. The van der Waals surface area contributed by atoms with Crippen LogP contribution in [0.1, 0.15) is 15.9 Å². The zero-order valence-electron chi connectivity index (χ0n) is 9.86. The van der Waals surface area contributed by atoms with Gasteiger partial charge in [-0.15, -0.1) is 0 Å². The molecule has 0 atom stereocenters. The monoisotopic (exact) mass is 253 g/mol. The van der Waals surface area contributed by atoms with E-state index in [0.29, 0.717) is 5.56 Å². The Morgan fingerprint density at radius 1 is 1.61 bits per heavy atom. The summed E-state index contributed by atoms with van der Waals surface area (Å²) in [4.78, 5) is 16.7. The summed E-state index contributed by atoms with van der Waals surface area (Å²) in [6.45, 7) is -0.472. The van der Waals surface area contributed by atoms with E-state index in [0.717, 1.165) is 4.90 Å². The Bertz CT molecular complexity index is 480. The van der Waals surface area contributed by atoms with Crippen LogP contribution in [0.15, 0.2) is 18.5 Å². The van der Waals surface area contributed by atoms with Crippen molar-refractivity contribution in [3.05, 3.63) is 29.6 Å². The molecule has 1 heterocycles. The van der Waals surface area contributed by atoms with Crippen LogP contribution in [-0.2, 0) is 0 Å². The maximum atomic E-state index is 12.2. The van der Waals surface area contributed by atoms with E-state index in [1.54, 1.807) is 0 Å². The molecule has 0 bridgehead atoms. The van der Waals surface area contributed by atoms with Gasteiger partial charge in [-0.1, -0.05) is 11.8 Å². The van der Waals surface area contributed by atoms with Crippen molar-refractivity contribution in [1.82, 2.24) is 9.88 Å². The highest BCUT2D eigenvalue weighted by atomic mass is 19.3. The Kier molecular flexibility index (Phi) is 5.21. The van der Waals surface area contributed by atoms with Crippen molar-refractivity contribution in [2.75, 3.05) is 20.1 Å². The average molecular weight is 253 g/mol. The molecule has 0 fully saturated rings. The van der Waals surface area contributed by atoms with E-state index in [9.17, 15) is 13.6 Å². The van der Waals surface area contributed by atoms with Crippen molar-refractivity contribution in [3.63, 3.8) is 0 Å². The van der Waals surface area contributed by atoms with Gasteiger partial charge in [0.2, 0.25) is 0 Å².